The molecule has 1 aromatic carbocycles. The molecule has 2 aromatic heterocycles. The Kier molecular flexibility index (Phi) is 8.80. The number of anilines is 2. The van der Waals surface area contributed by atoms with E-state index in [1.165, 1.54) is 20.3 Å². The van der Waals surface area contributed by atoms with E-state index < -0.39 is 0 Å². The van der Waals surface area contributed by atoms with Crippen LogP contribution < -0.4 is 25.4 Å². The summed E-state index contributed by atoms with van der Waals surface area (Å²) in [5, 5.41) is 12.1. The molecule has 12 heteroatoms. The summed E-state index contributed by atoms with van der Waals surface area (Å²) in [6, 6.07) is 5.09. The highest BCUT2D eigenvalue weighted by atomic mass is 35.5. The van der Waals surface area contributed by atoms with Gasteiger partial charge in [0.1, 0.15) is 23.1 Å². The number of hydrogen-bond donors (Lipinski definition) is 3. The number of carbonyl (C=O) groups is 1. The molecule has 5 rings (SSSR count). The Morgan fingerprint density at radius 1 is 1.10 bits per heavy atom. The van der Waals surface area contributed by atoms with Crippen molar-refractivity contribution in [2.75, 3.05) is 57.8 Å². The van der Waals surface area contributed by atoms with E-state index >= 15 is 0 Å². The van der Waals surface area contributed by atoms with E-state index in [0.29, 0.717) is 76.7 Å². The molecule has 40 heavy (non-hydrogen) atoms. The number of rotatable bonds is 10. The van der Waals surface area contributed by atoms with Gasteiger partial charge in [-0.3, -0.25) is 4.79 Å². The van der Waals surface area contributed by atoms with Gasteiger partial charge < -0.3 is 34.9 Å². The smallest absolute Gasteiger partial charge is 0.243 e. The summed E-state index contributed by atoms with van der Waals surface area (Å²) < 4.78 is 22.1. The number of nitrogens with zero attached hydrogens (tertiary/aromatic N) is 2. The van der Waals surface area contributed by atoms with Crippen molar-refractivity contribution in [3.05, 3.63) is 47.1 Å². The van der Waals surface area contributed by atoms with Crippen LogP contribution in [0.25, 0.3) is 22.0 Å². The lowest BCUT2D eigenvalue weighted by molar-refractivity contribution is -0.117. The van der Waals surface area contributed by atoms with Crippen LogP contribution in [0.2, 0.25) is 10.0 Å². The maximum atomic E-state index is 11.9. The quantitative estimate of drug-likeness (QED) is 0.294. The van der Waals surface area contributed by atoms with Crippen LogP contribution in [-0.4, -0.2) is 75.2 Å². The third kappa shape index (κ3) is 5.90. The van der Waals surface area contributed by atoms with Crippen LogP contribution in [0.5, 0.6) is 11.5 Å². The third-order valence-electron chi connectivity index (χ3n) is 7.05. The minimum absolute atomic E-state index is 0.157. The van der Waals surface area contributed by atoms with Crippen molar-refractivity contribution in [3.63, 3.8) is 0 Å². The summed E-state index contributed by atoms with van der Waals surface area (Å²) >= 11 is 13.5. The summed E-state index contributed by atoms with van der Waals surface area (Å²) in [5.74, 6) is 2.24. The molecule has 3 aromatic rings. The lowest BCUT2D eigenvalue weighted by atomic mass is 10.1. The van der Waals surface area contributed by atoms with Crippen molar-refractivity contribution < 1.29 is 23.7 Å². The van der Waals surface area contributed by atoms with Gasteiger partial charge in [-0.1, -0.05) is 29.8 Å². The zero-order chi connectivity index (χ0) is 28.2. The fourth-order valence-corrected chi connectivity index (χ4v) is 5.55. The van der Waals surface area contributed by atoms with Gasteiger partial charge >= 0.3 is 0 Å². The van der Waals surface area contributed by atoms with E-state index in [1.54, 1.807) is 12.3 Å². The summed E-state index contributed by atoms with van der Waals surface area (Å²) in [6.45, 7) is 6.49. The van der Waals surface area contributed by atoms with E-state index in [0.717, 1.165) is 23.8 Å². The average Bonchev–Trinajstić information content (AvgIpc) is 3.64. The van der Waals surface area contributed by atoms with Gasteiger partial charge in [-0.25, -0.2) is 9.97 Å². The highest BCUT2D eigenvalue weighted by Crippen LogP contribution is 2.46. The van der Waals surface area contributed by atoms with Crippen molar-refractivity contribution in [1.82, 2.24) is 15.3 Å². The van der Waals surface area contributed by atoms with Crippen LogP contribution in [0.3, 0.4) is 0 Å². The second-order valence-electron chi connectivity index (χ2n) is 9.65. The molecule has 3 atom stereocenters. The minimum Gasteiger partial charge on any atom is -0.495 e. The van der Waals surface area contributed by atoms with Crippen molar-refractivity contribution in [3.8, 4) is 22.8 Å². The van der Waals surface area contributed by atoms with Crippen LogP contribution in [0.4, 0.5) is 11.6 Å². The molecule has 3 N–H and O–H groups in total. The maximum Gasteiger partial charge on any atom is 0.243 e. The van der Waals surface area contributed by atoms with E-state index in [4.69, 9.17) is 47.1 Å². The van der Waals surface area contributed by atoms with Crippen LogP contribution >= 0.6 is 23.2 Å². The Balaban J connectivity index is 1.54. The Hall–Kier alpha value is -3.31. The first-order valence-corrected chi connectivity index (χ1v) is 13.7. The molecule has 2 aliphatic rings. The summed E-state index contributed by atoms with van der Waals surface area (Å²) in [5.41, 5.74) is 1.04. The standard InChI is InChI=1S/C28H31Cl2N5O5/c1-4-24(36)34-20-14-40-13-19(20)33-23-8-17-16(11-31-23)7-18(35-28(17)32-10-15-5-6-39-12-15)25-26(29)21(37-2)9-22(38-3)27(25)30/h4,7-9,11,15,19-20H,1,5-6,10,12-14H2,2-3H3,(H,31,33)(H,32,35)(H,34,36)/t15?,19-,20+/m1/s1. The fraction of sp³-hybridized carbons (Fsp3) is 0.393. The molecule has 2 aliphatic heterocycles. The zero-order valence-corrected chi connectivity index (χ0v) is 23.8. The number of methoxy groups -OCH3 is 2. The van der Waals surface area contributed by atoms with Crippen molar-refractivity contribution in [2.45, 2.75) is 18.5 Å². The lowest BCUT2D eigenvalue weighted by Crippen LogP contribution is -2.45. The summed E-state index contributed by atoms with van der Waals surface area (Å²) in [4.78, 5) is 21.5. The maximum absolute atomic E-state index is 11.9. The van der Waals surface area contributed by atoms with Gasteiger partial charge in [0.05, 0.1) is 61.9 Å². The van der Waals surface area contributed by atoms with Gasteiger partial charge in [-0.15, -0.1) is 0 Å². The fourth-order valence-electron chi connectivity index (χ4n) is 4.85. The minimum atomic E-state index is -0.251. The number of amides is 1. The number of ether oxygens (including phenoxy) is 4. The van der Waals surface area contributed by atoms with Gasteiger partial charge in [-0.2, -0.15) is 0 Å². The van der Waals surface area contributed by atoms with E-state index in [9.17, 15) is 4.79 Å². The van der Waals surface area contributed by atoms with E-state index in [2.05, 4.69) is 27.5 Å². The molecule has 0 spiro atoms. The molecule has 0 bridgehead atoms. The molecule has 2 fully saturated rings. The normalized spacial score (nSPS) is 20.4. The Bertz CT molecular complexity index is 1390. The number of carbonyl (C=O) groups excluding carboxylic acids is 1. The largest absolute Gasteiger partial charge is 0.495 e. The topological polar surface area (TPSA) is 116 Å². The Morgan fingerprint density at radius 2 is 1.85 bits per heavy atom. The van der Waals surface area contributed by atoms with Gasteiger partial charge in [0, 0.05) is 47.7 Å². The number of nitrogens with one attached hydrogen (secondary N) is 3. The molecule has 0 saturated carbocycles. The molecular weight excluding hydrogens is 557 g/mol. The highest BCUT2D eigenvalue weighted by molar-refractivity contribution is 6.41. The van der Waals surface area contributed by atoms with Gasteiger partial charge in [-0.05, 0) is 24.6 Å². The van der Waals surface area contributed by atoms with Crippen LogP contribution in [0.1, 0.15) is 6.42 Å². The number of fused-ring (bicyclic) bond motifs is 1. The first-order valence-electron chi connectivity index (χ1n) is 12.9. The number of aromatic nitrogens is 2. The lowest BCUT2D eigenvalue weighted by Gasteiger charge is -2.21. The Morgan fingerprint density at radius 3 is 2.52 bits per heavy atom. The molecule has 0 aliphatic carbocycles. The molecule has 1 unspecified atom stereocenters. The van der Waals surface area contributed by atoms with Crippen LogP contribution in [-0.2, 0) is 14.3 Å². The molecule has 10 nitrogen and oxygen atoms in total. The van der Waals surface area contributed by atoms with Gasteiger partial charge in [0.15, 0.2) is 0 Å². The van der Waals surface area contributed by atoms with Crippen LogP contribution in [0, 0.1) is 5.92 Å². The molecule has 212 valence electrons. The first kappa shape index (κ1) is 28.2. The summed E-state index contributed by atoms with van der Waals surface area (Å²) in [6.07, 6.45) is 3.99. The van der Waals surface area contributed by atoms with Gasteiger partial charge in [0.25, 0.3) is 0 Å². The van der Waals surface area contributed by atoms with Crippen molar-refractivity contribution in [2.24, 2.45) is 5.92 Å². The second-order valence-corrected chi connectivity index (χ2v) is 10.4. The SMILES string of the molecule is C=CC(=O)N[C@H]1COC[C@H]1Nc1cc2c(NCC3CCOC3)nc(-c3c(Cl)c(OC)cc(OC)c3Cl)cc2cn1. The molecule has 1 amide bonds. The molecule has 2 saturated heterocycles. The number of benzene rings is 1. The predicted octanol–water partition coefficient (Wildman–Crippen LogP) is 4.55. The number of pyridine rings is 2. The third-order valence-corrected chi connectivity index (χ3v) is 7.80. The predicted molar refractivity (Wildman–Crippen MR) is 156 cm³/mol. The van der Waals surface area contributed by atoms with Gasteiger partial charge in [0.2, 0.25) is 5.91 Å². The highest BCUT2D eigenvalue weighted by Gasteiger charge is 2.29. The van der Waals surface area contributed by atoms with Crippen LogP contribution in [0.15, 0.2) is 37.1 Å². The molecule has 4 heterocycles. The molecule has 0 radical (unpaired) electrons. The van der Waals surface area contributed by atoms with Crippen molar-refractivity contribution >= 4 is 51.5 Å². The Labute approximate surface area is 242 Å². The second kappa shape index (κ2) is 12.5. The molecular formula is C28H31Cl2N5O5. The van der Waals surface area contributed by atoms with Crippen molar-refractivity contribution in [1.29, 1.82) is 0 Å². The monoisotopic (exact) mass is 587 g/mol. The first-order chi connectivity index (χ1) is 19.4. The van der Waals surface area contributed by atoms with E-state index in [-0.39, 0.29) is 18.0 Å². The number of halogens is 2. The zero-order valence-electron chi connectivity index (χ0n) is 22.3. The average molecular weight is 588 g/mol. The van der Waals surface area contributed by atoms with E-state index in [1.807, 2.05) is 12.1 Å². The summed E-state index contributed by atoms with van der Waals surface area (Å²) in [7, 11) is 3.06. The number of hydrogen-bond acceptors (Lipinski definition) is 9.